The van der Waals surface area contributed by atoms with E-state index in [9.17, 15) is 14.4 Å². The van der Waals surface area contributed by atoms with Crippen LogP contribution in [-0.2, 0) is 28.6 Å². The smallest absolute Gasteiger partial charge is 0.306 e. The van der Waals surface area contributed by atoms with E-state index in [2.05, 4.69) is 75.5 Å². The van der Waals surface area contributed by atoms with E-state index in [0.29, 0.717) is 19.3 Å². The number of hydrogen-bond acceptors (Lipinski definition) is 6. The molecule has 0 saturated heterocycles. The Kier molecular flexibility index (Phi) is 53.3. The van der Waals surface area contributed by atoms with Gasteiger partial charge in [0.2, 0.25) is 0 Å². The molecule has 0 heterocycles. The minimum absolute atomic E-state index is 0.102. The van der Waals surface area contributed by atoms with E-state index in [1.165, 1.54) is 161 Å². The van der Waals surface area contributed by atoms with Gasteiger partial charge in [0, 0.05) is 19.3 Å². The first-order chi connectivity index (χ1) is 33.0. The number of rotatable bonds is 52. The normalized spacial score (nSPS) is 12.5. The fourth-order valence-electron chi connectivity index (χ4n) is 8.13. The molecule has 0 amide bonds. The monoisotopic (exact) mass is 937 g/mol. The molecule has 1 unspecified atom stereocenters. The number of carbonyl (C=O) groups excluding carboxylic acids is 3. The lowest BCUT2D eigenvalue weighted by atomic mass is 10.1. The third-order valence-electron chi connectivity index (χ3n) is 12.5. The second kappa shape index (κ2) is 55.7. The highest BCUT2D eigenvalue weighted by Gasteiger charge is 2.19. The molecule has 0 aromatic carbocycles. The molecule has 1 atom stereocenters. The van der Waals surface area contributed by atoms with Gasteiger partial charge in [0.1, 0.15) is 13.2 Å². The van der Waals surface area contributed by atoms with E-state index in [-0.39, 0.29) is 37.5 Å². The fraction of sp³-hybridized carbons (Fsp3) is 0.787. The second-order valence-electron chi connectivity index (χ2n) is 19.2. The Morgan fingerprint density at radius 3 is 1.01 bits per heavy atom. The SMILES string of the molecule is CCCCCCCC/C=C/C/C=C/CCC(=O)OCC(COC(=O)CCCCCCC/C=C/C=C/CCCCCCCCC)OC(=O)CCCCCCC/C=C/CCCCCCCCCCC. The van der Waals surface area contributed by atoms with Crippen LogP contribution in [0.3, 0.4) is 0 Å². The molecule has 0 aromatic rings. The van der Waals surface area contributed by atoms with Crippen molar-refractivity contribution < 1.29 is 28.6 Å². The molecule has 0 saturated carbocycles. The highest BCUT2D eigenvalue weighted by molar-refractivity contribution is 5.71. The third-order valence-corrected chi connectivity index (χ3v) is 12.5. The second-order valence-corrected chi connectivity index (χ2v) is 19.2. The van der Waals surface area contributed by atoms with Crippen molar-refractivity contribution >= 4 is 17.9 Å². The lowest BCUT2D eigenvalue weighted by molar-refractivity contribution is -0.166. The summed E-state index contributed by atoms with van der Waals surface area (Å²) in [6.45, 7) is 6.58. The fourth-order valence-corrected chi connectivity index (χ4v) is 8.13. The van der Waals surface area contributed by atoms with E-state index in [1.54, 1.807) is 0 Å². The molecule has 0 radical (unpaired) electrons. The van der Waals surface area contributed by atoms with Gasteiger partial charge >= 0.3 is 17.9 Å². The van der Waals surface area contributed by atoms with Crippen LogP contribution in [-0.4, -0.2) is 37.2 Å². The molecule has 0 rings (SSSR count). The van der Waals surface area contributed by atoms with Crippen molar-refractivity contribution in [1.82, 2.24) is 0 Å². The number of esters is 3. The first-order valence-electron chi connectivity index (χ1n) is 28.8. The number of allylic oxidation sites excluding steroid dienone is 10. The molecule has 388 valence electrons. The van der Waals surface area contributed by atoms with Crippen molar-refractivity contribution in [2.75, 3.05) is 13.2 Å². The lowest BCUT2D eigenvalue weighted by Gasteiger charge is -2.18. The molecule has 0 aliphatic rings. The number of unbranched alkanes of at least 4 members (excludes halogenated alkanes) is 32. The van der Waals surface area contributed by atoms with Crippen molar-refractivity contribution in [1.29, 1.82) is 0 Å². The summed E-state index contributed by atoms with van der Waals surface area (Å²) in [6.07, 6.45) is 69.4. The summed E-state index contributed by atoms with van der Waals surface area (Å²) in [4.78, 5) is 38.1. The molecule has 0 bridgehead atoms. The predicted octanol–water partition coefficient (Wildman–Crippen LogP) is 19.2. The maximum Gasteiger partial charge on any atom is 0.306 e. The predicted molar refractivity (Wildman–Crippen MR) is 288 cm³/mol. The summed E-state index contributed by atoms with van der Waals surface area (Å²) in [5, 5.41) is 0. The van der Waals surface area contributed by atoms with Crippen LogP contribution in [0.5, 0.6) is 0 Å². The van der Waals surface area contributed by atoms with Crippen LogP contribution >= 0.6 is 0 Å². The van der Waals surface area contributed by atoms with Gasteiger partial charge < -0.3 is 14.2 Å². The van der Waals surface area contributed by atoms with Gasteiger partial charge in [-0.1, -0.05) is 242 Å². The van der Waals surface area contributed by atoms with E-state index in [4.69, 9.17) is 14.2 Å². The minimum atomic E-state index is -0.807. The Balaban J connectivity index is 4.44. The van der Waals surface area contributed by atoms with Crippen molar-refractivity contribution in [2.45, 2.75) is 297 Å². The van der Waals surface area contributed by atoms with Gasteiger partial charge in [-0.15, -0.1) is 0 Å². The van der Waals surface area contributed by atoms with Crippen molar-refractivity contribution in [3.05, 3.63) is 60.8 Å². The van der Waals surface area contributed by atoms with Crippen LogP contribution in [0.25, 0.3) is 0 Å². The zero-order chi connectivity index (χ0) is 48.6. The minimum Gasteiger partial charge on any atom is -0.462 e. The van der Waals surface area contributed by atoms with Gasteiger partial charge in [0.05, 0.1) is 0 Å². The number of carbonyl (C=O) groups is 3. The highest BCUT2D eigenvalue weighted by Crippen LogP contribution is 2.15. The van der Waals surface area contributed by atoms with Gasteiger partial charge in [-0.25, -0.2) is 0 Å². The molecule has 0 fully saturated rings. The van der Waals surface area contributed by atoms with E-state index in [0.717, 1.165) is 83.5 Å². The first kappa shape index (κ1) is 64.1. The maximum atomic E-state index is 12.8. The molecular weight excluding hydrogens is 829 g/mol. The number of hydrogen-bond donors (Lipinski definition) is 0. The number of ether oxygens (including phenoxy) is 3. The molecule has 0 aliphatic heterocycles. The van der Waals surface area contributed by atoms with Gasteiger partial charge in [0.15, 0.2) is 6.10 Å². The van der Waals surface area contributed by atoms with E-state index >= 15 is 0 Å². The van der Waals surface area contributed by atoms with Crippen molar-refractivity contribution in [3.8, 4) is 0 Å². The van der Waals surface area contributed by atoms with Crippen molar-refractivity contribution in [2.24, 2.45) is 0 Å². The summed E-state index contributed by atoms with van der Waals surface area (Å²) in [5.74, 6) is -0.985. The largest absolute Gasteiger partial charge is 0.462 e. The van der Waals surface area contributed by atoms with Gasteiger partial charge in [-0.2, -0.15) is 0 Å². The summed E-state index contributed by atoms with van der Waals surface area (Å²) in [5.41, 5.74) is 0. The Morgan fingerprint density at radius 1 is 0.313 bits per heavy atom. The lowest BCUT2D eigenvalue weighted by Crippen LogP contribution is -2.30. The molecule has 0 spiro atoms. The molecule has 6 nitrogen and oxygen atoms in total. The molecular formula is C61H108O6. The van der Waals surface area contributed by atoms with E-state index in [1.807, 2.05) is 6.08 Å². The molecule has 0 aliphatic carbocycles. The third kappa shape index (κ3) is 53.9. The van der Waals surface area contributed by atoms with Gasteiger partial charge in [-0.3, -0.25) is 14.4 Å². The van der Waals surface area contributed by atoms with Crippen LogP contribution in [0.1, 0.15) is 290 Å². The quantitative estimate of drug-likeness (QED) is 0.0199. The van der Waals surface area contributed by atoms with Crippen LogP contribution in [0.15, 0.2) is 60.8 Å². The van der Waals surface area contributed by atoms with E-state index < -0.39 is 6.10 Å². The standard InChI is InChI=1S/C61H108O6/c1-4-7-10-13-16-19-22-25-27-29-31-33-36-39-42-45-48-51-54-60(63)66-57-58(56-65-59(62)53-50-47-44-41-38-35-24-21-18-15-12-9-6-3)67-61(64)55-52-49-46-43-40-37-34-32-30-28-26-23-20-17-14-11-8-5-2/h27,29,31-35,38,44,47,58H,4-26,28,30,36-37,39-43,45-46,48-57H2,1-3H3/b29-27+,33-31+,34-32+,38-35+,47-44+. The zero-order valence-corrected chi connectivity index (χ0v) is 44.4. The topological polar surface area (TPSA) is 78.9 Å². The summed E-state index contributed by atoms with van der Waals surface area (Å²) >= 11 is 0. The van der Waals surface area contributed by atoms with Crippen molar-refractivity contribution in [3.63, 3.8) is 0 Å². The maximum absolute atomic E-state index is 12.8. The molecule has 67 heavy (non-hydrogen) atoms. The Labute approximate surface area is 415 Å². The Bertz CT molecular complexity index is 1210. The van der Waals surface area contributed by atoms with Crippen LogP contribution in [0.4, 0.5) is 0 Å². The average Bonchev–Trinajstić information content (AvgIpc) is 3.33. The van der Waals surface area contributed by atoms with Gasteiger partial charge in [0.25, 0.3) is 0 Å². The highest BCUT2D eigenvalue weighted by atomic mass is 16.6. The Morgan fingerprint density at radius 2 is 0.612 bits per heavy atom. The Hall–Kier alpha value is -2.89. The van der Waals surface area contributed by atoms with Gasteiger partial charge in [-0.05, 0) is 89.9 Å². The summed E-state index contributed by atoms with van der Waals surface area (Å²) < 4.78 is 16.8. The average molecular weight is 938 g/mol. The van der Waals surface area contributed by atoms with Crippen LogP contribution in [0.2, 0.25) is 0 Å². The van der Waals surface area contributed by atoms with Crippen LogP contribution in [0, 0.1) is 0 Å². The molecule has 0 N–H and O–H groups in total. The summed E-state index contributed by atoms with van der Waals surface area (Å²) in [6, 6.07) is 0. The van der Waals surface area contributed by atoms with Crippen LogP contribution < -0.4 is 0 Å². The first-order valence-corrected chi connectivity index (χ1v) is 28.8. The molecule has 6 heteroatoms. The molecule has 0 aromatic heterocycles. The summed E-state index contributed by atoms with van der Waals surface area (Å²) in [7, 11) is 0. The zero-order valence-electron chi connectivity index (χ0n) is 44.4.